The van der Waals surface area contributed by atoms with E-state index in [4.69, 9.17) is 4.74 Å². The van der Waals surface area contributed by atoms with Crippen LogP contribution in [0.1, 0.15) is 33.6 Å². The van der Waals surface area contributed by atoms with Crippen molar-refractivity contribution >= 4 is 29.9 Å². The number of nitrogens with zero attached hydrogens (tertiary/aromatic N) is 2. The van der Waals surface area contributed by atoms with E-state index in [1.54, 1.807) is 7.11 Å². The van der Waals surface area contributed by atoms with E-state index in [-0.39, 0.29) is 30.0 Å². The average Bonchev–Trinajstić information content (AvgIpc) is 2.41. The Hall–Kier alpha value is -0.0800. The molecule has 0 bridgehead atoms. The molecule has 1 saturated heterocycles. The van der Waals surface area contributed by atoms with Gasteiger partial charge in [-0.2, -0.15) is 0 Å². The molecule has 1 aliphatic rings. The van der Waals surface area contributed by atoms with Crippen LogP contribution >= 0.6 is 24.0 Å². The second-order valence-electron chi connectivity index (χ2n) is 6.56. The minimum absolute atomic E-state index is 0. The smallest absolute Gasteiger partial charge is 0.191 e. The van der Waals surface area contributed by atoms with Crippen molar-refractivity contribution < 1.29 is 4.74 Å². The topological polar surface area (TPSA) is 48.9 Å². The summed E-state index contributed by atoms with van der Waals surface area (Å²) in [5.41, 5.74) is 0. The van der Waals surface area contributed by atoms with Gasteiger partial charge in [0, 0.05) is 39.8 Å². The molecule has 1 heterocycles. The van der Waals surface area contributed by atoms with Gasteiger partial charge >= 0.3 is 0 Å². The summed E-state index contributed by atoms with van der Waals surface area (Å²) < 4.78 is 5.12. The van der Waals surface area contributed by atoms with Crippen LogP contribution in [0.15, 0.2) is 4.99 Å². The van der Waals surface area contributed by atoms with Crippen molar-refractivity contribution in [3.05, 3.63) is 0 Å². The predicted octanol–water partition coefficient (Wildman–Crippen LogP) is 2.17. The summed E-state index contributed by atoms with van der Waals surface area (Å²) in [4.78, 5) is 6.85. The van der Waals surface area contributed by atoms with Crippen LogP contribution in [0, 0.1) is 11.8 Å². The summed E-state index contributed by atoms with van der Waals surface area (Å²) in [6.07, 6.45) is 2.53. The van der Waals surface area contributed by atoms with Crippen molar-refractivity contribution in [1.29, 1.82) is 0 Å². The molecule has 0 aromatic carbocycles. The van der Waals surface area contributed by atoms with E-state index in [2.05, 4.69) is 41.3 Å². The molecule has 6 heteroatoms. The SMILES string of the molecule is CN=C(NCCCN1CC(C)CC(C)C1)NC(C)COC.I. The molecule has 1 aliphatic heterocycles. The number of aliphatic imine (C=N–C) groups is 1. The zero-order valence-corrected chi connectivity index (χ0v) is 17.2. The van der Waals surface area contributed by atoms with Gasteiger partial charge in [-0.15, -0.1) is 24.0 Å². The number of nitrogens with one attached hydrogen (secondary N) is 2. The highest BCUT2D eigenvalue weighted by Crippen LogP contribution is 2.20. The lowest BCUT2D eigenvalue weighted by Crippen LogP contribution is -2.45. The Bertz CT molecular complexity index is 305. The monoisotopic (exact) mass is 426 g/mol. The molecule has 0 radical (unpaired) electrons. The molecule has 5 nitrogen and oxygen atoms in total. The number of methoxy groups -OCH3 is 1. The van der Waals surface area contributed by atoms with E-state index in [0.717, 1.165) is 30.8 Å². The third-order valence-electron chi connectivity index (χ3n) is 3.91. The molecule has 0 aromatic rings. The average molecular weight is 426 g/mol. The van der Waals surface area contributed by atoms with E-state index in [0.29, 0.717) is 6.61 Å². The number of guanidine groups is 1. The van der Waals surface area contributed by atoms with Crippen molar-refractivity contribution in [2.24, 2.45) is 16.8 Å². The first-order valence-corrected chi connectivity index (χ1v) is 8.23. The number of hydrogen-bond donors (Lipinski definition) is 2. The molecule has 0 amide bonds. The van der Waals surface area contributed by atoms with Gasteiger partial charge in [-0.1, -0.05) is 13.8 Å². The molecule has 1 fully saturated rings. The number of hydrogen-bond acceptors (Lipinski definition) is 3. The molecule has 0 aliphatic carbocycles. The summed E-state index contributed by atoms with van der Waals surface area (Å²) in [5.74, 6) is 2.54. The van der Waals surface area contributed by atoms with Gasteiger partial charge < -0.3 is 20.3 Å². The lowest BCUT2D eigenvalue weighted by molar-refractivity contribution is 0.140. The first-order valence-electron chi connectivity index (χ1n) is 8.23. The molecule has 1 rings (SSSR count). The van der Waals surface area contributed by atoms with Crippen LogP contribution in [0.5, 0.6) is 0 Å². The highest BCUT2D eigenvalue weighted by atomic mass is 127. The lowest BCUT2D eigenvalue weighted by atomic mass is 9.92. The van der Waals surface area contributed by atoms with Gasteiger partial charge in [0.05, 0.1) is 6.61 Å². The van der Waals surface area contributed by atoms with Crippen LogP contribution in [0.3, 0.4) is 0 Å². The summed E-state index contributed by atoms with van der Waals surface area (Å²) in [7, 11) is 3.53. The van der Waals surface area contributed by atoms with Gasteiger partial charge in [0.25, 0.3) is 0 Å². The number of ether oxygens (including phenoxy) is 1. The first-order chi connectivity index (χ1) is 10.0. The number of halogens is 1. The van der Waals surface area contributed by atoms with Crippen molar-refractivity contribution in [1.82, 2.24) is 15.5 Å². The van der Waals surface area contributed by atoms with Gasteiger partial charge in [-0.25, -0.2) is 0 Å². The summed E-state index contributed by atoms with van der Waals surface area (Å²) in [5, 5.41) is 6.70. The van der Waals surface area contributed by atoms with E-state index in [1.165, 1.54) is 26.1 Å². The van der Waals surface area contributed by atoms with Crippen molar-refractivity contribution in [2.75, 3.05) is 46.9 Å². The van der Waals surface area contributed by atoms with Gasteiger partial charge in [0.2, 0.25) is 0 Å². The third-order valence-corrected chi connectivity index (χ3v) is 3.91. The fourth-order valence-electron chi connectivity index (χ4n) is 3.20. The minimum Gasteiger partial charge on any atom is -0.383 e. The molecule has 3 unspecified atom stereocenters. The van der Waals surface area contributed by atoms with Crippen molar-refractivity contribution in [3.8, 4) is 0 Å². The van der Waals surface area contributed by atoms with Gasteiger partial charge in [0.1, 0.15) is 0 Å². The van der Waals surface area contributed by atoms with Crippen LogP contribution < -0.4 is 10.6 Å². The Morgan fingerprint density at radius 3 is 2.50 bits per heavy atom. The number of rotatable bonds is 7. The fraction of sp³-hybridized carbons (Fsp3) is 0.938. The molecule has 0 saturated carbocycles. The first kappa shape index (κ1) is 21.9. The van der Waals surface area contributed by atoms with Crippen LogP contribution in [0.4, 0.5) is 0 Å². The standard InChI is InChI=1S/C16H34N4O.HI/c1-13-9-14(2)11-20(10-13)8-6-7-18-16(17-4)19-15(3)12-21-5;/h13-15H,6-12H2,1-5H3,(H2,17,18,19);1H. The van der Waals surface area contributed by atoms with Crippen LogP contribution in [0.25, 0.3) is 0 Å². The highest BCUT2D eigenvalue weighted by Gasteiger charge is 2.20. The van der Waals surface area contributed by atoms with E-state index in [9.17, 15) is 0 Å². The zero-order valence-electron chi connectivity index (χ0n) is 14.9. The fourth-order valence-corrected chi connectivity index (χ4v) is 3.20. The molecular formula is C16H35IN4O. The van der Waals surface area contributed by atoms with Crippen LogP contribution in [-0.4, -0.2) is 63.8 Å². The maximum Gasteiger partial charge on any atom is 0.191 e. The van der Waals surface area contributed by atoms with Crippen molar-refractivity contribution in [3.63, 3.8) is 0 Å². The van der Waals surface area contributed by atoms with Crippen LogP contribution in [0.2, 0.25) is 0 Å². The molecule has 0 aromatic heterocycles. The number of piperidine rings is 1. The Kier molecular flexibility index (Phi) is 12.3. The quantitative estimate of drug-likeness (QED) is 0.284. The largest absolute Gasteiger partial charge is 0.383 e. The Morgan fingerprint density at radius 2 is 1.95 bits per heavy atom. The lowest BCUT2D eigenvalue weighted by Gasteiger charge is -2.35. The molecule has 132 valence electrons. The van der Waals surface area contributed by atoms with Crippen LogP contribution in [-0.2, 0) is 4.74 Å². The second kappa shape index (κ2) is 12.4. The molecule has 0 spiro atoms. The normalized spacial score (nSPS) is 24.5. The van der Waals surface area contributed by atoms with Gasteiger partial charge in [-0.05, 0) is 38.1 Å². The maximum absolute atomic E-state index is 5.12. The summed E-state index contributed by atoms with van der Waals surface area (Å²) in [6, 6.07) is 0.269. The Labute approximate surface area is 153 Å². The van der Waals surface area contributed by atoms with E-state index >= 15 is 0 Å². The molecule has 22 heavy (non-hydrogen) atoms. The summed E-state index contributed by atoms with van der Waals surface area (Å²) >= 11 is 0. The highest BCUT2D eigenvalue weighted by molar-refractivity contribution is 14.0. The molecule has 3 atom stereocenters. The van der Waals surface area contributed by atoms with Gasteiger partial charge in [0.15, 0.2) is 5.96 Å². The van der Waals surface area contributed by atoms with Crippen molar-refractivity contribution in [2.45, 2.75) is 39.7 Å². The molecular weight excluding hydrogens is 391 g/mol. The zero-order chi connectivity index (χ0) is 15.7. The summed E-state index contributed by atoms with van der Waals surface area (Å²) in [6.45, 7) is 12.1. The second-order valence-corrected chi connectivity index (χ2v) is 6.56. The number of likely N-dealkylation sites (tertiary alicyclic amines) is 1. The third kappa shape index (κ3) is 9.15. The van der Waals surface area contributed by atoms with Gasteiger partial charge in [-0.3, -0.25) is 4.99 Å². The van der Waals surface area contributed by atoms with E-state index < -0.39 is 0 Å². The maximum atomic E-state index is 5.12. The Balaban J connectivity index is 0.00000441. The Morgan fingerprint density at radius 1 is 1.32 bits per heavy atom. The van der Waals surface area contributed by atoms with E-state index in [1.807, 2.05) is 7.05 Å². The predicted molar refractivity (Wildman–Crippen MR) is 105 cm³/mol. The molecule has 2 N–H and O–H groups in total. The minimum atomic E-state index is 0.